The van der Waals surface area contributed by atoms with Crippen LogP contribution in [0.2, 0.25) is 0 Å². The summed E-state index contributed by atoms with van der Waals surface area (Å²) in [6, 6.07) is 12.5. The zero-order chi connectivity index (χ0) is 16.5. The van der Waals surface area contributed by atoms with Gasteiger partial charge >= 0.3 is 0 Å². The van der Waals surface area contributed by atoms with Crippen molar-refractivity contribution in [2.45, 2.75) is 13.8 Å². The van der Waals surface area contributed by atoms with E-state index in [-0.39, 0.29) is 0 Å². The molecule has 0 fully saturated rings. The zero-order valence-electron chi connectivity index (χ0n) is 13.8. The van der Waals surface area contributed by atoms with Gasteiger partial charge in [-0.1, -0.05) is 0 Å². The minimum Gasteiger partial charge on any atom is -0.363 e. The van der Waals surface area contributed by atoms with E-state index in [0.717, 1.165) is 44.9 Å². The molecule has 3 aromatic heterocycles. The largest absolute Gasteiger partial charge is 0.363 e. The Morgan fingerprint density at radius 2 is 0.917 bits per heavy atom. The Bertz CT molecular complexity index is 971. The number of aromatic amines is 3. The smallest absolute Gasteiger partial charge is 0.0405 e. The fourth-order valence-corrected chi connectivity index (χ4v) is 2.98. The first-order valence-electron chi connectivity index (χ1n) is 8.04. The van der Waals surface area contributed by atoms with Crippen LogP contribution >= 0.6 is 0 Å². The standard InChI is InChI=1S/C20H20N4/c1-13-9-15-3-5-17(22-15)11-19-7-8-20(24-19)12-18-6-4-16(23-18)10-14(2)21-13/h3-12,21-24H,1-2H3. The minimum absolute atomic E-state index is 1.07. The van der Waals surface area contributed by atoms with Gasteiger partial charge in [0.05, 0.1) is 0 Å². The molecule has 120 valence electrons. The second kappa shape index (κ2) is 5.81. The molecule has 4 rings (SSSR count). The molecule has 4 heteroatoms. The molecule has 0 aliphatic carbocycles. The van der Waals surface area contributed by atoms with Gasteiger partial charge in [0.1, 0.15) is 0 Å². The van der Waals surface area contributed by atoms with Crippen molar-refractivity contribution in [1.82, 2.24) is 20.3 Å². The second-order valence-corrected chi connectivity index (χ2v) is 6.18. The summed E-state index contributed by atoms with van der Waals surface area (Å²) >= 11 is 0. The van der Waals surface area contributed by atoms with Crippen LogP contribution in [0.3, 0.4) is 0 Å². The van der Waals surface area contributed by atoms with Gasteiger partial charge in [0.2, 0.25) is 0 Å². The van der Waals surface area contributed by atoms with Crippen molar-refractivity contribution in [3.63, 3.8) is 0 Å². The molecule has 6 bridgehead atoms. The van der Waals surface area contributed by atoms with Gasteiger partial charge < -0.3 is 20.3 Å². The zero-order valence-corrected chi connectivity index (χ0v) is 13.8. The van der Waals surface area contributed by atoms with Crippen molar-refractivity contribution < 1.29 is 0 Å². The average molecular weight is 316 g/mol. The molecule has 3 aromatic rings. The van der Waals surface area contributed by atoms with E-state index >= 15 is 0 Å². The maximum absolute atomic E-state index is 3.42. The van der Waals surface area contributed by atoms with Crippen LogP contribution in [0.5, 0.6) is 0 Å². The normalized spacial score (nSPS) is 14.1. The molecule has 1 aliphatic rings. The number of nitrogens with one attached hydrogen (secondary N) is 4. The van der Waals surface area contributed by atoms with E-state index in [0.29, 0.717) is 0 Å². The summed E-state index contributed by atoms with van der Waals surface area (Å²) in [6.45, 7) is 4.13. The molecule has 0 spiro atoms. The lowest BCUT2D eigenvalue weighted by molar-refractivity contribution is 0.985. The van der Waals surface area contributed by atoms with E-state index in [2.05, 4.69) is 94.8 Å². The quantitative estimate of drug-likeness (QED) is 0.506. The molecule has 4 nitrogen and oxygen atoms in total. The highest BCUT2D eigenvalue weighted by atomic mass is 14.9. The summed E-state index contributed by atoms with van der Waals surface area (Å²) in [5.41, 5.74) is 6.47. The van der Waals surface area contributed by atoms with Crippen molar-refractivity contribution in [3.05, 3.63) is 81.3 Å². The topological polar surface area (TPSA) is 59.4 Å². The number of aromatic nitrogens is 3. The van der Waals surface area contributed by atoms with Crippen LogP contribution < -0.4 is 16.0 Å². The number of rotatable bonds is 0. The van der Waals surface area contributed by atoms with Gasteiger partial charge in [0, 0.05) is 44.9 Å². The predicted molar refractivity (Wildman–Crippen MR) is 99.2 cm³/mol. The Labute approximate surface area is 140 Å². The number of allylic oxidation sites excluding steroid dienone is 2. The number of hydrogen-bond donors (Lipinski definition) is 4. The molecule has 0 saturated heterocycles. The molecule has 0 aromatic carbocycles. The summed E-state index contributed by atoms with van der Waals surface area (Å²) < 4.78 is 0. The highest BCUT2D eigenvalue weighted by molar-refractivity contribution is 5.57. The third-order valence-electron chi connectivity index (χ3n) is 3.95. The van der Waals surface area contributed by atoms with Gasteiger partial charge in [-0.2, -0.15) is 0 Å². The van der Waals surface area contributed by atoms with Crippen molar-refractivity contribution >= 4 is 24.3 Å². The van der Waals surface area contributed by atoms with Crippen LogP contribution in [0, 0.1) is 0 Å². The lowest BCUT2D eigenvalue weighted by Gasteiger charge is -2.06. The highest BCUT2D eigenvalue weighted by Gasteiger charge is 1.99. The molecule has 1 aliphatic heterocycles. The van der Waals surface area contributed by atoms with E-state index < -0.39 is 0 Å². The van der Waals surface area contributed by atoms with Crippen LogP contribution in [0.15, 0.2) is 47.8 Å². The fourth-order valence-electron chi connectivity index (χ4n) is 2.98. The van der Waals surface area contributed by atoms with Gasteiger partial charge in [-0.05, 0) is 74.5 Å². The Hall–Kier alpha value is -3.14. The summed E-state index contributed by atoms with van der Waals surface area (Å²) in [5, 5.41) is 5.56. The summed E-state index contributed by atoms with van der Waals surface area (Å²) in [5.74, 6) is 0. The lowest BCUT2D eigenvalue weighted by Crippen LogP contribution is -2.09. The molecule has 4 heterocycles. The molecule has 24 heavy (non-hydrogen) atoms. The Morgan fingerprint density at radius 3 is 1.38 bits per heavy atom. The lowest BCUT2D eigenvalue weighted by atomic mass is 10.3. The molecule has 0 saturated carbocycles. The molecular formula is C20H20N4. The minimum atomic E-state index is 1.07. The third-order valence-corrected chi connectivity index (χ3v) is 3.95. The van der Waals surface area contributed by atoms with Crippen molar-refractivity contribution in [1.29, 1.82) is 0 Å². The van der Waals surface area contributed by atoms with Gasteiger partial charge in [-0.15, -0.1) is 0 Å². The number of hydrogen-bond acceptors (Lipinski definition) is 1. The van der Waals surface area contributed by atoms with Crippen molar-refractivity contribution in [3.8, 4) is 0 Å². The molecule has 0 amide bonds. The van der Waals surface area contributed by atoms with E-state index in [9.17, 15) is 0 Å². The third kappa shape index (κ3) is 3.13. The summed E-state index contributed by atoms with van der Waals surface area (Å²) in [7, 11) is 0. The first-order chi connectivity index (χ1) is 11.6. The fraction of sp³-hybridized carbons (Fsp3) is 0.100. The predicted octanol–water partition coefficient (Wildman–Crippen LogP) is 2.65. The Kier molecular flexibility index (Phi) is 3.50. The summed E-state index contributed by atoms with van der Waals surface area (Å²) in [6.07, 6.45) is 8.42. The van der Waals surface area contributed by atoms with Gasteiger partial charge in [0.15, 0.2) is 0 Å². The second-order valence-electron chi connectivity index (χ2n) is 6.18. The van der Waals surface area contributed by atoms with Gasteiger partial charge in [-0.3, -0.25) is 0 Å². The molecule has 0 unspecified atom stereocenters. The van der Waals surface area contributed by atoms with Crippen LogP contribution in [0.25, 0.3) is 24.3 Å². The molecule has 0 radical (unpaired) electrons. The average Bonchev–Trinajstić information content (AvgIpc) is 3.22. The van der Waals surface area contributed by atoms with E-state index in [1.54, 1.807) is 0 Å². The highest BCUT2D eigenvalue weighted by Crippen LogP contribution is 2.10. The van der Waals surface area contributed by atoms with Crippen LogP contribution in [-0.4, -0.2) is 15.0 Å². The maximum Gasteiger partial charge on any atom is 0.0405 e. The van der Waals surface area contributed by atoms with Gasteiger partial charge in [-0.25, -0.2) is 0 Å². The first-order valence-corrected chi connectivity index (χ1v) is 8.04. The van der Waals surface area contributed by atoms with E-state index in [1.807, 2.05) is 0 Å². The Balaban J connectivity index is 1.88. The summed E-state index contributed by atoms with van der Waals surface area (Å²) in [4.78, 5) is 10.2. The number of fused-ring (bicyclic) bond motifs is 6. The molecule has 4 N–H and O–H groups in total. The van der Waals surface area contributed by atoms with Gasteiger partial charge in [0.25, 0.3) is 0 Å². The Morgan fingerprint density at radius 1 is 0.500 bits per heavy atom. The number of H-pyrrole nitrogens is 3. The maximum atomic E-state index is 3.42. The monoisotopic (exact) mass is 316 g/mol. The molecular weight excluding hydrogens is 296 g/mol. The van der Waals surface area contributed by atoms with E-state index in [1.165, 1.54) is 0 Å². The van der Waals surface area contributed by atoms with Crippen LogP contribution in [-0.2, 0) is 0 Å². The van der Waals surface area contributed by atoms with Crippen LogP contribution in [0.4, 0.5) is 0 Å². The van der Waals surface area contributed by atoms with Crippen LogP contribution in [0.1, 0.15) is 36.6 Å². The van der Waals surface area contributed by atoms with E-state index in [4.69, 9.17) is 0 Å². The SMILES string of the molecule is CC1=Cc2ccc([nH]2)C=c2ccc([nH]2)=Cc2ccc([nH]2)C=C(C)N1. The first kappa shape index (κ1) is 14.5. The van der Waals surface area contributed by atoms with Crippen molar-refractivity contribution in [2.24, 2.45) is 0 Å². The van der Waals surface area contributed by atoms with Crippen molar-refractivity contribution in [2.75, 3.05) is 0 Å². The molecule has 0 atom stereocenters.